The van der Waals surface area contributed by atoms with Crippen LogP contribution in [0.2, 0.25) is 0 Å². The van der Waals surface area contributed by atoms with Gasteiger partial charge in [-0.05, 0) is 13.0 Å². The first-order valence-electron chi connectivity index (χ1n) is 4.69. The molecule has 0 spiro atoms. The summed E-state index contributed by atoms with van der Waals surface area (Å²) in [6, 6.07) is 1.33. The molecule has 0 aliphatic carbocycles. The fourth-order valence-electron chi connectivity index (χ4n) is 1.12. The third-order valence-corrected chi connectivity index (χ3v) is 1.81. The number of nitrogens with zero attached hydrogens (tertiary/aromatic N) is 2. The van der Waals surface area contributed by atoms with Gasteiger partial charge in [0.15, 0.2) is 0 Å². The van der Waals surface area contributed by atoms with E-state index in [0.717, 1.165) is 4.68 Å². The number of carbonyl (C=O) groups is 1. The minimum absolute atomic E-state index is 0.0334. The second kappa shape index (κ2) is 5.00. The Morgan fingerprint density at radius 3 is 2.81 bits per heavy atom. The van der Waals surface area contributed by atoms with E-state index in [9.17, 15) is 18.0 Å². The predicted octanol–water partition coefficient (Wildman–Crippen LogP) is 2.01. The molecule has 0 bridgehead atoms. The van der Waals surface area contributed by atoms with E-state index in [-0.39, 0.29) is 18.8 Å². The number of esters is 1. The highest BCUT2D eigenvalue weighted by Crippen LogP contribution is 2.20. The van der Waals surface area contributed by atoms with Crippen LogP contribution in [0.25, 0.3) is 0 Å². The standard InChI is InChI=1S/C9H11F3N2O2/c1-2-16-8(15)7-3-5-13-14(7)6-4-9(10,11)12/h3,5H,2,4,6H2,1H3. The number of carbonyl (C=O) groups excluding carboxylic acids is 1. The van der Waals surface area contributed by atoms with Gasteiger partial charge < -0.3 is 4.74 Å². The third-order valence-electron chi connectivity index (χ3n) is 1.81. The van der Waals surface area contributed by atoms with Crippen molar-refractivity contribution in [3.63, 3.8) is 0 Å². The molecule has 1 aromatic heterocycles. The maximum atomic E-state index is 12.0. The lowest BCUT2D eigenvalue weighted by molar-refractivity contribution is -0.137. The van der Waals surface area contributed by atoms with Crippen LogP contribution >= 0.6 is 0 Å². The number of hydrogen-bond acceptors (Lipinski definition) is 3. The summed E-state index contributed by atoms with van der Waals surface area (Å²) in [5, 5.41) is 3.64. The van der Waals surface area contributed by atoms with Crippen molar-refractivity contribution in [1.82, 2.24) is 9.78 Å². The van der Waals surface area contributed by atoms with E-state index in [0.29, 0.717) is 0 Å². The van der Waals surface area contributed by atoms with E-state index in [2.05, 4.69) is 9.84 Å². The first kappa shape index (κ1) is 12.5. The summed E-state index contributed by atoms with van der Waals surface area (Å²) in [5.41, 5.74) is 0.0334. The number of alkyl halides is 3. The molecular formula is C9H11F3N2O2. The SMILES string of the molecule is CCOC(=O)c1ccnn1CCC(F)(F)F. The summed E-state index contributed by atoms with van der Waals surface area (Å²) < 4.78 is 41.6. The second-order valence-electron chi connectivity index (χ2n) is 3.03. The molecule has 1 aromatic rings. The molecule has 0 saturated heterocycles. The quantitative estimate of drug-likeness (QED) is 0.751. The Morgan fingerprint density at radius 1 is 1.56 bits per heavy atom. The van der Waals surface area contributed by atoms with Gasteiger partial charge in [-0.3, -0.25) is 4.68 Å². The highest BCUT2D eigenvalue weighted by atomic mass is 19.4. The summed E-state index contributed by atoms with van der Waals surface area (Å²) >= 11 is 0. The van der Waals surface area contributed by atoms with Crippen molar-refractivity contribution in [1.29, 1.82) is 0 Å². The number of aromatic nitrogens is 2. The molecule has 1 rings (SSSR count). The monoisotopic (exact) mass is 236 g/mol. The molecule has 7 heteroatoms. The van der Waals surface area contributed by atoms with Gasteiger partial charge in [-0.15, -0.1) is 0 Å². The minimum Gasteiger partial charge on any atom is -0.461 e. The number of rotatable bonds is 4. The minimum atomic E-state index is -4.27. The molecule has 4 nitrogen and oxygen atoms in total. The van der Waals surface area contributed by atoms with Crippen LogP contribution in [0.1, 0.15) is 23.8 Å². The van der Waals surface area contributed by atoms with Crippen LogP contribution in [0, 0.1) is 0 Å². The third kappa shape index (κ3) is 3.56. The largest absolute Gasteiger partial charge is 0.461 e. The zero-order valence-corrected chi connectivity index (χ0v) is 8.62. The van der Waals surface area contributed by atoms with E-state index >= 15 is 0 Å². The number of ether oxygens (including phenoxy) is 1. The second-order valence-corrected chi connectivity index (χ2v) is 3.03. The van der Waals surface area contributed by atoms with Crippen LogP contribution in [0.5, 0.6) is 0 Å². The zero-order valence-electron chi connectivity index (χ0n) is 8.62. The van der Waals surface area contributed by atoms with Crippen molar-refractivity contribution in [3.8, 4) is 0 Å². The van der Waals surface area contributed by atoms with Crippen LogP contribution < -0.4 is 0 Å². The Kier molecular flexibility index (Phi) is 3.92. The Morgan fingerprint density at radius 2 is 2.25 bits per heavy atom. The van der Waals surface area contributed by atoms with E-state index in [4.69, 9.17) is 0 Å². The molecule has 0 radical (unpaired) electrons. The molecule has 16 heavy (non-hydrogen) atoms. The van der Waals surface area contributed by atoms with Crippen LogP contribution in [0.15, 0.2) is 12.3 Å². The van der Waals surface area contributed by atoms with Gasteiger partial charge in [0.25, 0.3) is 0 Å². The lowest BCUT2D eigenvalue weighted by atomic mass is 10.4. The average Bonchev–Trinajstić information content (AvgIpc) is 2.61. The fraction of sp³-hybridized carbons (Fsp3) is 0.556. The van der Waals surface area contributed by atoms with E-state index < -0.39 is 18.6 Å². The first-order valence-corrected chi connectivity index (χ1v) is 4.69. The average molecular weight is 236 g/mol. The topological polar surface area (TPSA) is 44.1 Å². The van der Waals surface area contributed by atoms with Gasteiger partial charge in [-0.25, -0.2) is 4.79 Å². The first-order chi connectivity index (χ1) is 7.44. The highest BCUT2D eigenvalue weighted by Gasteiger charge is 2.27. The summed E-state index contributed by atoms with van der Waals surface area (Å²) in [4.78, 5) is 11.3. The van der Waals surface area contributed by atoms with Gasteiger partial charge in [0.1, 0.15) is 5.69 Å². The maximum Gasteiger partial charge on any atom is 0.390 e. The molecule has 0 amide bonds. The molecule has 0 atom stereocenters. The van der Waals surface area contributed by atoms with Crippen molar-refractivity contribution in [2.45, 2.75) is 26.1 Å². The van der Waals surface area contributed by atoms with Gasteiger partial charge >= 0.3 is 12.1 Å². The van der Waals surface area contributed by atoms with E-state index in [1.165, 1.54) is 12.3 Å². The van der Waals surface area contributed by atoms with Crippen molar-refractivity contribution >= 4 is 5.97 Å². The van der Waals surface area contributed by atoms with Crippen LogP contribution in [-0.4, -0.2) is 28.5 Å². The van der Waals surface area contributed by atoms with E-state index in [1.54, 1.807) is 6.92 Å². The lowest BCUT2D eigenvalue weighted by Crippen LogP contribution is -2.17. The Balaban J connectivity index is 2.67. The smallest absolute Gasteiger partial charge is 0.390 e. The van der Waals surface area contributed by atoms with Gasteiger partial charge in [-0.1, -0.05) is 0 Å². The van der Waals surface area contributed by atoms with Crippen molar-refractivity contribution in [2.24, 2.45) is 0 Å². The Labute approximate surface area is 90.0 Å². The van der Waals surface area contributed by atoms with Crippen LogP contribution in [0.4, 0.5) is 13.2 Å². The normalized spacial score (nSPS) is 11.5. The molecule has 0 saturated carbocycles. The Hall–Kier alpha value is -1.53. The summed E-state index contributed by atoms with van der Waals surface area (Å²) in [7, 11) is 0. The summed E-state index contributed by atoms with van der Waals surface area (Å²) in [6.45, 7) is 1.41. The van der Waals surface area contributed by atoms with Crippen molar-refractivity contribution in [3.05, 3.63) is 18.0 Å². The fourth-order valence-corrected chi connectivity index (χ4v) is 1.12. The van der Waals surface area contributed by atoms with E-state index in [1.807, 2.05) is 0 Å². The van der Waals surface area contributed by atoms with Gasteiger partial charge in [0.05, 0.1) is 19.6 Å². The molecule has 0 unspecified atom stereocenters. The summed E-state index contributed by atoms with van der Waals surface area (Å²) in [5.74, 6) is -0.665. The lowest BCUT2D eigenvalue weighted by Gasteiger charge is -2.08. The van der Waals surface area contributed by atoms with Gasteiger partial charge in [0.2, 0.25) is 0 Å². The Bertz CT molecular complexity index is 360. The molecule has 0 aromatic carbocycles. The molecule has 0 aliphatic rings. The molecule has 0 fully saturated rings. The molecule has 0 N–H and O–H groups in total. The number of hydrogen-bond donors (Lipinski definition) is 0. The molecule has 90 valence electrons. The maximum absolute atomic E-state index is 12.0. The predicted molar refractivity (Wildman–Crippen MR) is 48.9 cm³/mol. The molecule has 1 heterocycles. The highest BCUT2D eigenvalue weighted by molar-refractivity contribution is 5.87. The molecular weight excluding hydrogens is 225 g/mol. The van der Waals surface area contributed by atoms with Crippen LogP contribution in [0.3, 0.4) is 0 Å². The molecule has 0 aliphatic heterocycles. The van der Waals surface area contributed by atoms with Gasteiger partial charge in [-0.2, -0.15) is 18.3 Å². The van der Waals surface area contributed by atoms with Gasteiger partial charge in [0, 0.05) is 6.20 Å². The number of aryl methyl sites for hydroxylation is 1. The zero-order chi connectivity index (χ0) is 12.2. The number of halogens is 3. The van der Waals surface area contributed by atoms with Crippen molar-refractivity contribution < 1.29 is 22.7 Å². The van der Waals surface area contributed by atoms with Crippen LogP contribution in [-0.2, 0) is 11.3 Å². The summed E-state index contributed by atoms with van der Waals surface area (Å²) in [6.07, 6.45) is -4.03. The van der Waals surface area contributed by atoms with Crippen molar-refractivity contribution in [2.75, 3.05) is 6.61 Å².